The number of thiophene rings is 2. The fourth-order valence-corrected chi connectivity index (χ4v) is 14.8. The fraction of sp³-hybridized carbons (Fsp3) is 0.0526. The second-order valence-electron chi connectivity index (χ2n) is 21.0. The molecule has 0 aliphatic heterocycles. The molecule has 0 unspecified atom stereocenters. The number of methoxy groups -OCH3 is 4. The van der Waals surface area contributed by atoms with Crippen molar-refractivity contribution in [2.75, 3.05) is 28.4 Å². The van der Waals surface area contributed by atoms with Gasteiger partial charge in [0.2, 0.25) is 0 Å². The van der Waals surface area contributed by atoms with Gasteiger partial charge in [-0.3, -0.25) is 0 Å². The first-order valence-electron chi connectivity index (χ1n) is 27.9. The minimum absolute atomic E-state index is 0.858. The van der Waals surface area contributed by atoms with Crippen LogP contribution in [0.25, 0.3) is 149 Å². The van der Waals surface area contributed by atoms with Crippen LogP contribution in [-0.2, 0) is 11.2 Å². The zero-order chi connectivity index (χ0) is 58.6. The van der Waals surface area contributed by atoms with Crippen LogP contribution in [0.15, 0.2) is 243 Å². The first-order chi connectivity index (χ1) is 42.2. The molecule has 0 fully saturated rings. The van der Waals surface area contributed by atoms with Crippen LogP contribution in [0.4, 0.5) is 0 Å². The van der Waals surface area contributed by atoms with Gasteiger partial charge in [-0.05, 0) is 194 Å². The molecule has 4 nitrogen and oxygen atoms in total. The third-order valence-electron chi connectivity index (χ3n) is 16.5. The van der Waals surface area contributed by atoms with E-state index in [4.69, 9.17) is 49.2 Å². The van der Waals surface area contributed by atoms with Crippen molar-refractivity contribution in [1.29, 1.82) is 0 Å². The van der Waals surface area contributed by atoms with Crippen LogP contribution >= 0.6 is 53.0 Å². The molecular weight excluding hydrogens is 1200 g/mol. The molecule has 0 aliphatic carbocycles. The zero-order valence-electron chi connectivity index (χ0n) is 47.0. The second kappa shape index (κ2) is 23.5. The van der Waals surface area contributed by atoms with Crippen LogP contribution < -0.4 is 18.9 Å². The molecule has 10 heteroatoms. The Hall–Kier alpha value is -8.33. The normalized spacial score (nSPS) is 11.6. The van der Waals surface area contributed by atoms with Crippen molar-refractivity contribution < 1.29 is 30.1 Å². The van der Waals surface area contributed by atoms with Crippen molar-refractivity contribution in [3.63, 3.8) is 0 Å². The maximum absolute atomic E-state index is 5.60. The SMILES string of the molecule is COc1ccc(-c2ccc3c(c2)sc2cc(-c4ccc(OC)cc4-c4ccccc4)ccc23)c(-c2ccccc2)c1.COc1ccc2c(c1)c1ccccc1c1cc3c(cc21)sc1cc2c4ccc(OC)cc4c4ccccc4c2cc13.[Cl][Fe]([Cl])[Cl]. The van der Waals surface area contributed by atoms with Crippen molar-refractivity contribution in [2.45, 2.75) is 0 Å². The Balaban J connectivity index is 0.000000143. The Kier molecular flexibility index (Phi) is 15.2. The fourth-order valence-electron chi connectivity index (χ4n) is 12.5. The van der Waals surface area contributed by atoms with Gasteiger partial charge in [0, 0.05) is 40.3 Å². The molecule has 14 aromatic carbocycles. The van der Waals surface area contributed by atoms with Gasteiger partial charge in [-0.1, -0.05) is 158 Å². The number of fused-ring (bicyclic) bond motifs is 18. The standard InChI is InChI=1S/C38H24O2S.C38H28O2S.3ClH.Fe/c1-39-21-11-13-27-29(15-21)23-7-3-5-9-25(23)31-17-35-36-18-32-26-10-6-4-8-24(26)30-16-22(40-2)12-14-28(30)34(32)20-38(36)41-37(35)19-33(27)31;1-39-29-15-19-31(35(23-29)25-9-5-3-6-10-25)27-13-17-33-34-18-14-28(22-38(34)41-37(33)21-27)32-20-16-30(40-2)24-36(32)26-11-7-4-8-12-26;;;;/h3-20H,1-2H3;3-24H,1-2H3;3*1H;/q;;;;;+3/p-3. The molecule has 0 saturated heterocycles. The predicted octanol–water partition coefficient (Wildman–Crippen LogP) is 23.8. The summed E-state index contributed by atoms with van der Waals surface area (Å²) in [6, 6.07) is 87.5. The molecular formula is C76H52Cl3FeO4S2. The zero-order valence-corrected chi connectivity index (χ0v) is 52.0. The summed E-state index contributed by atoms with van der Waals surface area (Å²) in [5.74, 6) is 3.48. The summed E-state index contributed by atoms with van der Waals surface area (Å²) in [7, 11) is 21.6. The maximum atomic E-state index is 5.60. The molecule has 0 aliphatic rings. The van der Waals surface area contributed by atoms with Crippen LogP contribution in [0.2, 0.25) is 0 Å². The molecule has 2 aromatic heterocycles. The van der Waals surface area contributed by atoms with E-state index in [2.05, 4.69) is 231 Å². The van der Waals surface area contributed by atoms with Crippen LogP contribution in [-0.4, -0.2) is 28.4 Å². The Bertz CT molecular complexity index is 4970. The van der Waals surface area contributed by atoms with Crippen molar-refractivity contribution in [2.24, 2.45) is 0 Å². The average Bonchev–Trinajstić information content (AvgIpc) is 1.39. The van der Waals surface area contributed by atoms with E-state index in [1.807, 2.05) is 34.8 Å². The molecule has 86 heavy (non-hydrogen) atoms. The van der Waals surface area contributed by atoms with Gasteiger partial charge in [-0.2, -0.15) is 0 Å². The number of rotatable bonds is 8. The number of hydrogen-bond acceptors (Lipinski definition) is 6. The van der Waals surface area contributed by atoms with Crippen LogP contribution in [0.1, 0.15) is 0 Å². The van der Waals surface area contributed by atoms with E-state index in [9.17, 15) is 0 Å². The van der Waals surface area contributed by atoms with E-state index in [1.54, 1.807) is 28.4 Å². The Labute approximate surface area is 522 Å². The Morgan fingerprint density at radius 1 is 0.233 bits per heavy atom. The van der Waals surface area contributed by atoms with Gasteiger partial charge < -0.3 is 18.9 Å². The van der Waals surface area contributed by atoms with E-state index < -0.39 is 11.2 Å². The topological polar surface area (TPSA) is 36.9 Å². The van der Waals surface area contributed by atoms with Crippen molar-refractivity contribution in [3.8, 4) is 67.5 Å². The third kappa shape index (κ3) is 10.2. The molecule has 0 spiro atoms. The van der Waals surface area contributed by atoms with Crippen molar-refractivity contribution in [3.05, 3.63) is 243 Å². The Morgan fingerprint density at radius 3 is 0.895 bits per heavy atom. The molecule has 0 bridgehead atoms. The number of hydrogen-bond donors (Lipinski definition) is 0. The van der Waals surface area contributed by atoms with Gasteiger partial charge in [-0.25, -0.2) is 0 Å². The van der Waals surface area contributed by atoms with Crippen molar-refractivity contribution in [1.82, 2.24) is 0 Å². The number of ether oxygens (including phenoxy) is 4. The molecule has 421 valence electrons. The molecule has 2 heterocycles. The summed E-state index contributed by atoms with van der Waals surface area (Å²) in [6.45, 7) is 0. The van der Waals surface area contributed by atoms with Gasteiger partial charge in [0.1, 0.15) is 23.0 Å². The first-order valence-corrected chi connectivity index (χ1v) is 34.1. The van der Waals surface area contributed by atoms with E-state index in [0.29, 0.717) is 0 Å². The number of halogens is 3. The van der Waals surface area contributed by atoms with E-state index in [0.717, 1.165) is 23.0 Å². The summed E-state index contributed by atoms with van der Waals surface area (Å²) in [5, 5.41) is 20.4. The van der Waals surface area contributed by atoms with Crippen molar-refractivity contribution >= 4 is 158 Å². The van der Waals surface area contributed by atoms with Gasteiger partial charge in [0.05, 0.1) is 28.4 Å². The van der Waals surface area contributed by atoms with Crippen LogP contribution in [0.5, 0.6) is 23.0 Å². The van der Waals surface area contributed by atoms with Gasteiger partial charge in [0.15, 0.2) is 0 Å². The monoisotopic (exact) mass is 1250 g/mol. The average molecular weight is 1260 g/mol. The van der Waals surface area contributed by atoms with E-state index >= 15 is 0 Å². The molecule has 0 radical (unpaired) electrons. The molecule has 16 aromatic rings. The minimum atomic E-state index is -1.33. The summed E-state index contributed by atoms with van der Waals surface area (Å²) in [4.78, 5) is 0. The first kappa shape index (κ1) is 55.5. The van der Waals surface area contributed by atoms with Crippen LogP contribution in [0, 0.1) is 0 Å². The Morgan fingerprint density at radius 2 is 0.523 bits per heavy atom. The van der Waals surface area contributed by atoms with E-state index in [1.165, 1.54) is 149 Å². The van der Waals surface area contributed by atoms with Gasteiger partial charge >= 0.3 is 41.5 Å². The van der Waals surface area contributed by atoms with Gasteiger partial charge in [0.25, 0.3) is 0 Å². The van der Waals surface area contributed by atoms with E-state index in [-0.39, 0.29) is 0 Å². The molecule has 0 atom stereocenters. The molecule has 0 amide bonds. The summed E-state index contributed by atoms with van der Waals surface area (Å²) >= 11 is 2.40. The quantitative estimate of drug-likeness (QED) is 0.112. The number of benzene rings is 14. The summed E-state index contributed by atoms with van der Waals surface area (Å²) in [5.41, 5.74) is 9.49. The summed E-state index contributed by atoms with van der Waals surface area (Å²) in [6.07, 6.45) is 0. The van der Waals surface area contributed by atoms with Crippen LogP contribution in [0.3, 0.4) is 0 Å². The predicted molar refractivity (Wildman–Crippen MR) is 369 cm³/mol. The second-order valence-corrected chi connectivity index (χ2v) is 28.7. The molecule has 0 saturated carbocycles. The van der Waals surface area contributed by atoms with Gasteiger partial charge in [-0.15, -0.1) is 22.7 Å². The summed E-state index contributed by atoms with van der Waals surface area (Å²) < 4.78 is 27.5. The molecule has 16 rings (SSSR count). The third-order valence-corrected chi connectivity index (χ3v) is 18.7. The molecule has 0 N–H and O–H groups in total.